The van der Waals surface area contributed by atoms with Crippen LogP contribution in [0.2, 0.25) is 0 Å². The monoisotopic (exact) mass is 356 g/mol. The van der Waals surface area contributed by atoms with Crippen LogP contribution < -0.4 is 24.8 Å². The van der Waals surface area contributed by atoms with Crippen LogP contribution in [0.1, 0.15) is 18.9 Å². The van der Waals surface area contributed by atoms with Crippen molar-refractivity contribution in [1.82, 2.24) is 10.3 Å². The highest BCUT2D eigenvalue weighted by molar-refractivity contribution is 5.93. The number of aromatic nitrogens is 1. The predicted octanol–water partition coefficient (Wildman–Crippen LogP) is 2.83. The lowest BCUT2D eigenvalue weighted by Crippen LogP contribution is -2.30. The van der Waals surface area contributed by atoms with Gasteiger partial charge < -0.3 is 24.8 Å². The van der Waals surface area contributed by atoms with Crippen molar-refractivity contribution < 1.29 is 14.2 Å². The van der Waals surface area contributed by atoms with E-state index in [1.807, 2.05) is 37.3 Å². The molecule has 2 heterocycles. The molecule has 1 aromatic heterocycles. The smallest absolute Gasteiger partial charge is 0.212 e. The molecule has 0 amide bonds. The molecule has 0 atom stereocenters. The van der Waals surface area contributed by atoms with E-state index in [1.165, 1.54) is 0 Å². The minimum absolute atomic E-state index is 0.511. The Balaban J connectivity index is 1.70. The minimum Gasteiger partial charge on any atom is -0.490 e. The number of nitrogens with zero attached hydrogens (tertiary/aromatic N) is 2. The molecule has 0 fully saturated rings. The summed E-state index contributed by atoms with van der Waals surface area (Å²) >= 11 is 0. The molecule has 0 unspecified atom stereocenters. The Morgan fingerprint density at radius 3 is 2.77 bits per heavy atom. The Labute approximate surface area is 153 Å². The van der Waals surface area contributed by atoms with E-state index < -0.39 is 0 Å². The Bertz CT molecular complexity index is 747. The van der Waals surface area contributed by atoms with Gasteiger partial charge in [0.1, 0.15) is 0 Å². The summed E-state index contributed by atoms with van der Waals surface area (Å²) in [4.78, 5) is 8.81. The molecule has 1 aliphatic heterocycles. The van der Waals surface area contributed by atoms with Gasteiger partial charge in [0.25, 0.3) is 0 Å². The summed E-state index contributed by atoms with van der Waals surface area (Å²) < 4.78 is 16.5. The summed E-state index contributed by atoms with van der Waals surface area (Å²) in [7, 11) is 1.60. The Hall–Kier alpha value is -2.96. The maximum Gasteiger partial charge on any atom is 0.212 e. The van der Waals surface area contributed by atoms with Gasteiger partial charge in [0, 0.05) is 37.0 Å². The molecule has 7 heteroatoms. The van der Waals surface area contributed by atoms with Crippen molar-refractivity contribution in [1.29, 1.82) is 0 Å². The topological polar surface area (TPSA) is 77.0 Å². The number of pyridine rings is 1. The summed E-state index contributed by atoms with van der Waals surface area (Å²) in [5.74, 6) is 2.81. The van der Waals surface area contributed by atoms with Crippen LogP contribution >= 0.6 is 0 Å². The molecule has 3 rings (SSSR count). The number of hydrogen-bond donors (Lipinski definition) is 2. The highest BCUT2D eigenvalue weighted by atomic mass is 16.5. The quantitative estimate of drug-likeness (QED) is 0.634. The molecule has 0 aliphatic carbocycles. The molecule has 1 aromatic carbocycles. The van der Waals surface area contributed by atoms with E-state index in [9.17, 15) is 0 Å². The van der Waals surface area contributed by atoms with Crippen molar-refractivity contribution in [3.8, 4) is 17.4 Å². The summed E-state index contributed by atoms with van der Waals surface area (Å²) in [6, 6.07) is 9.58. The average molecular weight is 356 g/mol. The zero-order chi connectivity index (χ0) is 18.2. The first kappa shape index (κ1) is 17.8. The van der Waals surface area contributed by atoms with Crippen molar-refractivity contribution in [2.75, 3.05) is 32.2 Å². The van der Waals surface area contributed by atoms with Crippen LogP contribution in [0.3, 0.4) is 0 Å². The van der Waals surface area contributed by atoms with Crippen LogP contribution in [0.4, 0.5) is 5.69 Å². The van der Waals surface area contributed by atoms with E-state index in [2.05, 4.69) is 20.6 Å². The van der Waals surface area contributed by atoms with E-state index in [0.717, 1.165) is 35.7 Å². The molecule has 0 saturated carbocycles. The number of rotatable bonds is 5. The van der Waals surface area contributed by atoms with Crippen LogP contribution in [0.15, 0.2) is 41.5 Å². The average Bonchev–Trinajstić information content (AvgIpc) is 2.91. The van der Waals surface area contributed by atoms with Crippen molar-refractivity contribution in [3.63, 3.8) is 0 Å². The number of methoxy groups -OCH3 is 1. The van der Waals surface area contributed by atoms with Gasteiger partial charge in [-0.05, 0) is 24.6 Å². The SMILES string of the molecule is CCNC(=NCc1ccc(OC)nc1)Nc1ccc2c(c1)OCCCO2. The van der Waals surface area contributed by atoms with Crippen LogP contribution in [-0.4, -0.2) is 37.8 Å². The molecular formula is C19H24N4O3. The number of benzene rings is 1. The molecule has 7 nitrogen and oxygen atoms in total. The summed E-state index contributed by atoms with van der Waals surface area (Å²) in [5.41, 5.74) is 1.89. The molecule has 0 radical (unpaired) electrons. The third kappa shape index (κ3) is 4.78. The van der Waals surface area contributed by atoms with Gasteiger partial charge in [-0.25, -0.2) is 9.98 Å². The van der Waals surface area contributed by atoms with E-state index in [4.69, 9.17) is 14.2 Å². The third-order valence-electron chi connectivity index (χ3n) is 3.78. The van der Waals surface area contributed by atoms with E-state index >= 15 is 0 Å². The number of ether oxygens (including phenoxy) is 3. The first-order valence-electron chi connectivity index (χ1n) is 8.72. The van der Waals surface area contributed by atoms with Gasteiger partial charge in [-0.2, -0.15) is 0 Å². The Morgan fingerprint density at radius 2 is 2.04 bits per heavy atom. The van der Waals surface area contributed by atoms with Crippen LogP contribution in [-0.2, 0) is 6.54 Å². The van der Waals surface area contributed by atoms with Gasteiger partial charge in [0.2, 0.25) is 5.88 Å². The van der Waals surface area contributed by atoms with Gasteiger partial charge >= 0.3 is 0 Å². The molecule has 1 aliphatic rings. The second kappa shape index (κ2) is 8.94. The van der Waals surface area contributed by atoms with E-state index in [-0.39, 0.29) is 0 Å². The van der Waals surface area contributed by atoms with Gasteiger partial charge in [-0.3, -0.25) is 0 Å². The second-order valence-electron chi connectivity index (χ2n) is 5.74. The number of aliphatic imine (C=N–C) groups is 1. The van der Waals surface area contributed by atoms with Crippen LogP contribution in [0.25, 0.3) is 0 Å². The number of nitrogens with one attached hydrogen (secondary N) is 2. The van der Waals surface area contributed by atoms with Gasteiger partial charge in [-0.1, -0.05) is 6.07 Å². The van der Waals surface area contributed by atoms with Crippen LogP contribution in [0, 0.1) is 0 Å². The fraction of sp³-hybridized carbons (Fsp3) is 0.368. The van der Waals surface area contributed by atoms with E-state index in [1.54, 1.807) is 13.3 Å². The standard InChI is InChI=1S/C19H24N4O3/c1-3-20-19(22-13-14-5-8-18(24-2)21-12-14)23-15-6-7-16-17(11-15)26-10-4-9-25-16/h5-8,11-12H,3-4,9-10,13H2,1-2H3,(H2,20,22,23). The fourth-order valence-corrected chi connectivity index (χ4v) is 2.48. The molecule has 0 bridgehead atoms. The molecule has 138 valence electrons. The lowest BCUT2D eigenvalue weighted by atomic mass is 10.2. The lowest BCUT2D eigenvalue weighted by molar-refractivity contribution is 0.297. The fourth-order valence-electron chi connectivity index (χ4n) is 2.48. The molecule has 2 N–H and O–H groups in total. The summed E-state index contributed by atoms with van der Waals surface area (Å²) in [6.07, 6.45) is 2.65. The number of guanidine groups is 1. The van der Waals surface area contributed by atoms with E-state index in [0.29, 0.717) is 31.6 Å². The second-order valence-corrected chi connectivity index (χ2v) is 5.74. The first-order chi connectivity index (χ1) is 12.8. The molecule has 0 spiro atoms. The maximum atomic E-state index is 5.74. The van der Waals surface area contributed by atoms with Crippen molar-refractivity contribution in [2.24, 2.45) is 4.99 Å². The van der Waals surface area contributed by atoms with Crippen molar-refractivity contribution in [2.45, 2.75) is 19.9 Å². The molecule has 2 aromatic rings. The minimum atomic E-state index is 0.511. The van der Waals surface area contributed by atoms with Crippen LogP contribution in [0.5, 0.6) is 17.4 Å². The normalized spacial score (nSPS) is 13.7. The number of anilines is 1. The Kier molecular flexibility index (Phi) is 6.14. The molecule has 0 saturated heterocycles. The summed E-state index contributed by atoms with van der Waals surface area (Å²) in [6.45, 7) is 4.64. The molecular weight excluding hydrogens is 332 g/mol. The highest BCUT2D eigenvalue weighted by Gasteiger charge is 2.11. The first-order valence-corrected chi connectivity index (χ1v) is 8.72. The van der Waals surface area contributed by atoms with Gasteiger partial charge in [0.05, 0.1) is 26.9 Å². The largest absolute Gasteiger partial charge is 0.490 e. The van der Waals surface area contributed by atoms with Gasteiger partial charge in [-0.15, -0.1) is 0 Å². The maximum absolute atomic E-state index is 5.74. The lowest BCUT2D eigenvalue weighted by Gasteiger charge is -2.13. The number of fused-ring (bicyclic) bond motifs is 1. The third-order valence-corrected chi connectivity index (χ3v) is 3.78. The van der Waals surface area contributed by atoms with Crippen molar-refractivity contribution >= 4 is 11.6 Å². The predicted molar refractivity (Wildman–Crippen MR) is 101 cm³/mol. The Morgan fingerprint density at radius 1 is 1.19 bits per heavy atom. The summed E-state index contributed by atoms with van der Waals surface area (Å²) in [5, 5.41) is 6.54. The van der Waals surface area contributed by atoms with Crippen molar-refractivity contribution in [3.05, 3.63) is 42.1 Å². The zero-order valence-electron chi connectivity index (χ0n) is 15.1. The zero-order valence-corrected chi connectivity index (χ0v) is 15.1. The number of hydrogen-bond acceptors (Lipinski definition) is 5. The van der Waals surface area contributed by atoms with Gasteiger partial charge in [0.15, 0.2) is 17.5 Å². The highest BCUT2D eigenvalue weighted by Crippen LogP contribution is 2.32. The molecule has 26 heavy (non-hydrogen) atoms.